The van der Waals surface area contributed by atoms with Crippen molar-refractivity contribution in [2.24, 2.45) is 0 Å². The highest BCUT2D eigenvalue weighted by Crippen LogP contribution is 2.36. The maximum absolute atomic E-state index is 13.0. The predicted molar refractivity (Wildman–Crippen MR) is 113 cm³/mol. The van der Waals surface area contributed by atoms with Gasteiger partial charge in [0, 0.05) is 38.3 Å². The van der Waals surface area contributed by atoms with Crippen molar-refractivity contribution in [2.75, 3.05) is 38.0 Å². The second-order valence-corrected chi connectivity index (χ2v) is 7.79. The molecule has 3 rings (SSSR count). The summed E-state index contributed by atoms with van der Waals surface area (Å²) in [7, 11) is 0. The summed E-state index contributed by atoms with van der Waals surface area (Å²) in [5.74, 6) is -0.340. The van der Waals surface area contributed by atoms with Gasteiger partial charge in [0.25, 0.3) is 0 Å². The summed E-state index contributed by atoms with van der Waals surface area (Å²) in [5, 5.41) is 2.06. The molecular weight excluding hydrogens is 431 g/mol. The van der Waals surface area contributed by atoms with Crippen LogP contribution in [0.15, 0.2) is 48.5 Å². The van der Waals surface area contributed by atoms with E-state index in [1.54, 1.807) is 4.90 Å². The van der Waals surface area contributed by atoms with Crippen LogP contribution in [0, 0.1) is 0 Å². The fourth-order valence-electron chi connectivity index (χ4n) is 3.43. The lowest BCUT2D eigenvalue weighted by Gasteiger charge is -2.34. The predicted octanol–water partition coefficient (Wildman–Crippen LogP) is 4.07. The first-order chi connectivity index (χ1) is 14.7. The van der Waals surface area contributed by atoms with Crippen molar-refractivity contribution >= 4 is 29.1 Å². The minimum absolute atomic E-state index is 0.0377. The second kappa shape index (κ2) is 10.2. The van der Waals surface area contributed by atoms with Gasteiger partial charge in [0.2, 0.25) is 11.8 Å². The lowest BCUT2D eigenvalue weighted by Crippen LogP contribution is -2.50. The van der Waals surface area contributed by atoms with Gasteiger partial charge >= 0.3 is 6.18 Å². The molecule has 0 aliphatic carbocycles. The highest BCUT2D eigenvalue weighted by Gasteiger charge is 2.33. The molecule has 31 heavy (non-hydrogen) atoms. The third kappa shape index (κ3) is 6.70. The lowest BCUT2D eigenvalue weighted by molar-refractivity contribution is -0.137. The SMILES string of the molecule is O=C(CN1CCN(C(=O)CCc2ccccc2)CC1)Nc1ccc(Cl)c(C(F)(F)F)c1. The van der Waals surface area contributed by atoms with Crippen molar-refractivity contribution in [1.82, 2.24) is 9.80 Å². The topological polar surface area (TPSA) is 52.7 Å². The summed E-state index contributed by atoms with van der Waals surface area (Å²) in [6.45, 7) is 2.12. The van der Waals surface area contributed by atoms with Crippen LogP contribution in [0.3, 0.4) is 0 Å². The molecule has 0 saturated carbocycles. The number of alkyl halides is 3. The lowest BCUT2D eigenvalue weighted by atomic mass is 10.1. The zero-order valence-corrected chi connectivity index (χ0v) is 17.5. The van der Waals surface area contributed by atoms with Crippen molar-refractivity contribution in [1.29, 1.82) is 0 Å². The normalized spacial score (nSPS) is 15.0. The summed E-state index contributed by atoms with van der Waals surface area (Å²) in [5.41, 5.74) is 0.160. The summed E-state index contributed by atoms with van der Waals surface area (Å²) in [6.07, 6.45) is -3.48. The molecule has 1 saturated heterocycles. The Balaban J connectivity index is 1.44. The number of aryl methyl sites for hydroxylation is 1. The van der Waals surface area contributed by atoms with Crippen molar-refractivity contribution in [2.45, 2.75) is 19.0 Å². The summed E-state index contributed by atoms with van der Waals surface area (Å²) in [6, 6.07) is 13.1. The smallest absolute Gasteiger partial charge is 0.340 e. The van der Waals surface area contributed by atoms with E-state index in [9.17, 15) is 22.8 Å². The number of nitrogens with zero attached hydrogens (tertiary/aromatic N) is 2. The second-order valence-electron chi connectivity index (χ2n) is 7.38. The Labute approximate surface area is 183 Å². The van der Waals surface area contributed by atoms with Crippen LogP contribution in [-0.2, 0) is 22.2 Å². The molecule has 0 atom stereocenters. The van der Waals surface area contributed by atoms with Crippen molar-refractivity contribution in [3.63, 3.8) is 0 Å². The molecule has 0 unspecified atom stereocenters. The molecule has 2 aromatic rings. The van der Waals surface area contributed by atoms with Gasteiger partial charge in [0.1, 0.15) is 0 Å². The van der Waals surface area contributed by atoms with E-state index in [-0.39, 0.29) is 18.1 Å². The van der Waals surface area contributed by atoms with Gasteiger partial charge in [-0.2, -0.15) is 13.2 Å². The minimum atomic E-state index is -4.60. The number of nitrogens with one attached hydrogen (secondary N) is 1. The minimum Gasteiger partial charge on any atom is -0.340 e. The summed E-state index contributed by atoms with van der Waals surface area (Å²) in [4.78, 5) is 28.3. The maximum Gasteiger partial charge on any atom is 0.417 e. The van der Waals surface area contributed by atoms with Crippen LogP contribution in [0.2, 0.25) is 5.02 Å². The standard InChI is InChI=1S/C22H23ClF3N3O2/c23-19-8-7-17(14-18(19)22(24,25)26)27-20(30)15-28-10-12-29(13-11-28)21(31)9-6-16-4-2-1-3-5-16/h1-5,7-8,14H,6,9-13,15H2,(H,27,30). The van der Waals surface area contributed by atoms with Crippen LogP contribution >= 0.6 is 11.6 Å². The first kappa shape index (κ1) is 23.1. The number of carbonyl (C=O) groups excluding carboxylic acids is 2. The van der Waals surface area contributed by atoms with Crippen LogP contribution < -0.4 is 5.32 Å². The van der Waals surface area contributed by atoms with Gasteiger partial charge in [-0.1, -0.05) is 41.9 Å². The van der Waals surface area contributed by atoms with Crippen LogP contribution in [0.1, 0.15) is 17.5 Å². The van der Waals surface area contributed by atoms with Crippen molar-refractivity contribution < 1.29 is 22.8 Å². The number of carbonyl (C=O) groups is 2. The molecule has 2 aromatic carbocycles. The van der Waals surface area contributed by atoms with Gasteiger partial charge in [0.05, 0.1) is 17.1 Å². The van der Waals surface area contributed by atoms with E-state index in [0.29, 0.717) is 39.0 Å². The zero-order chi connectivity index (χ0) is 22.4. The Hall–Kier alpha value is -2.58. The van der Waals surface area contributed by atoms with Gasteiger partial charge in [-0.3, -0.25) is 14.5 Å². The van der Waals surface area contributed by atoms with Crippen molar-refractivity contribution in [3.05, 3.63) is 64.7 Å². The highest BCUT2D eigenvalue weighted by atomic mass is 35.5. The quantitative estimate of drug-likeness (QED) is 0.717. The van der Waals surface area contributed by atoms with Gasteiger partial charge in [-0.25, -0.2) is 0 Å². The Morgan fingerprint density at radius 2 is 1.68 bits per heavy atom. The highest BCUT2D eigenvalue weighted by molar-refractivity contribution is 6.31. The van der Waals surface area contributed by atoms with Crippen LogP contribution in [-0.4, -0.2) is 54.3 Å². The zero-order valence-electron chi connectivity index (χ0n) is 16.8. The number of hydrogen-bond donors (Lipinski definition) is 1. The number of anilines is 1. The van der Waals surface area contributed by atoms with Gasteiger partial charge in [0.15, 0.2) is 0 Å². The monoisotopic (exact) mass is 453 g/mol. The van der Waals surface area contributed by atoms with Crippen LogP contribution in [0.25, 0.3) is 0 Å². The summed E-state index contributed by atoms with van der Waals surface area (Å²) >= 11 is 5.60. The molecule has 0 radical (unpaired) electrons. The third-order valence-corrected chi connectivity index (χ3v) is 5.45. The molecule has 1 N–H and O–H groups in total. The van der Waals surface area contributed by atoms with Crippen LogP contribution in [0.5, 0.6) is 0 Å². The van der Waals surface area contributed by atoms with E-state index in [1.165, 1.54) is 6.07 Å². The number of benzene rings is 2. The van der Waals surface area contributed by atoms with Gasteiger partial charge in [-0.15, -0.1) is 0 Å². The van der Waals surface area contributed by atoms with E-state index in [4.69, 9.17) is 11.6 Å². The van der Waals surface area contributed by atoms with Gasteiger partial charge in [-0.05, 0) is 30.2 Å². The molecule has 1 aliphatic heterocycles. The third-order valence-electron chi connectivity index (χ3n) is 5.12. The molecular formula is C22H23ClF3N3O2. The Morgan fingerprint density at radius 1 is 1.00 bits per heavy atom. The molecule has 1 aliphatic rings. The molecule has 0 spiro atoms. The molecule has 2 amide bonds. The molecule has 5 nitrogen and oxygen atoms in total. The van der Waals surface area contributed by atoms with Crippen molar-refractivity contribution in [3.8, 4) is 0 Å². The van der Waals surface area contributed by atoms with E-state index in [2.05, 4.69) is 5.32 Å². The Bertz CT molecular complexity index is 914. The maximum atomic E-state index is 13.0. The average Bonchev–Trinajstić information content (AvgIpc) is 2.74. The van der Waals surface area contributed by atoms with E-state index in [0.717, 1.165) is 17.7 Å². The molecule has 1 fully saturated rings. The molecule has 9 heteroatoms. The fraction of sp³-hybridized carbons (Fsp3) is 0.364. The molecule has 1 heterocycles. The van der Waals surface area contributed by atoms with E-state index < -0.39 is 22.7 Å². The number of halogens is 4. The van der Waals surface area contributed by atoms with Gasteiger partial charge < -0.3 is 10.2 Å². The average molecular weight is 454 g/mol. The first-order valence-corrected chi connectivity index (χ1v) is 10.3. The molecule has 0 bridgehead atoms. The number of hydrogen-bond acceptors (Lipinski definition) is 3. The molecule has 166 valence electrons. The van der Waals surface area contributed by atoms with E-state index in [1.807, 2.05) is 35.2 Å². The molecule has 0 aromatic heterocycles. The van der Waals surface area contributed by atoms with Crippen LogP contribution in [0.4, 0.5) is 18.9 Å². The number of amides is 2. The number of rotatable bonds is 6. The fourth-order valence-corrected chi connectivity index (χ4v) is 3.66. The summed E-state index contributed by atoms with van der Waals surface area (Å²) < 4.78 is 38.9. The largest absolute Gasteiger partial charge is 0.417 e. The van der Waals surface area contributed by atoms with E-state index >= 15 is 0 Å². The first-order valence-electron chi connectivity index (χ1n) is 9.93. The Morgan fingerprint density at radius 3 is 2.32 bits per heavy atom. The Kier molecular flexibility index (Phi) is 7.56. The number of piperazine rings is 1.